The van der Waals surface area contributed by atoms with Crippen LogP contribution in [0.2, 0.25) is 0 Å². The zero-order valence-corrected chi connectivity index (χ0v) is 75.4. The van der Waals surface area contributed by atoms with Crippen molar-refractivity contribution in [2.24, 2.45) is 5.73 Å². The van der Waals surface area contributed by atoms with Crippen LogP contribution in [0.5, 0.6) is 0 Å². The molecule has 10 aliphatic rings. The summed E-state index contributed by atoms with van der Waals surface area (Å²) < 4.78 is 0. The van der Waals surface area contributed by atoms with Gasteiger partial charge in [0.05, 0.1) is 0 Å². The van der Waals surface area contributed by atoms with Gasteiger partial charge in [0.15, 0.2) is 0 Å². The Morgan fingerprint density at radius 2 is 0.431 bits per heavy atom. The number of piperidine rings is 5. The lowest BCUT2D eigenvalue weighted by Crippen LogP contribution is -2.53. The standard InChI is InChI=1S/2C19H31N3.2C18H29N3.C14H22N2.C13H19N/c1-16(2)17-4-6-18(7-5-17)21-10-8-19(9-11-21)22-14-12-20(3)13-15-22;1-16(2)17-4-6-18(7-5-17)21-12-14-22(15-13-21)19-8-10-20(3)11-9-19;1-15(2)16-3-5-17(6-4-16)20-11-7-18(8-12-20)21-13-9-19-10-14-21;1-15(2)16-3-5-17(6-4-16)20-11-13-21(14-12-20)18-7-9-19-10-8-18;1-11(2)12-3-5-14(6-4-12)16-9-7-13(15)8-10-16;1-11(2)12-5-7-13(8-6-12)14-9-3-4-10-14/h2*4-7,16,19H,8-15H2,1-3H3;2*3-6,15,18-19H,7-14H2,1-2H3;3-6,11,13H,7-10,15H2,1-2H3;5-8,11H,3-4,9-10H2,1-2H3. The molecule has 6 aromatic rings. The molecule has 10 fully saturated rings. The van der Waals surface area contributed by atoms with Crippen LogP contribution in [0.25, 0.3) is 0 Å². The van der Waals surface area contributed by atoms with Crippen LogP contribution in [-0.4, -0.2) is 257 Å². The first-order chi connectivity index (χ1) is 56.2. The van der Waals surface area contributed by atoms with E-state index in [0.717, 1.165) is 63.2 Å². The first-order valence-corrected chi connectivity index (χ1v) is 46.8. The molecule has 0 aliphatic carbocycles. The van der Waals surface area contributed by atoms with E-state index in [9.17, 15) is 0 Å². The molecule has 10 aliphatic heterocycles. The summed E-state index contributed by atoms with van der Waals surface area (Å²) in [6.45, 7) is 60.8. The number of nitrogens with one attached hydrogen (secondary N) is 2. The number of nitrogens with two attached hydrogens (primary N) is 1. The van der Waals surface area contributed by atoms with Crippen LogP contribution >= 0.6 is 0 Å². The van der Waals surface area contributed by atoms with Crippen LogP contribution < -0.4 is 45.8 Å². The molecule has 0 aromatic heterocycles. The summed E-state index contributed by atoms with van der Waals surface area (Å²) in [7, 11) is 4.48. The number of anilines is 6. The maximum Gasteiger partial charge on any atom is 0.0367 e. The third kappa shape index (κ3) is 27.7. The van der Waals surface area contributed by atoms with E-state index in [2.05, 4.69) is 312 Å². The molecule has 640 valence electrons. The fourth-order valence-electron chi connectivity index (χ4n) is 19.0. The van der Waals surface area contributed by atoms with E-state index in [4.69, 9.17) is 5.73 Å². The van der Waals surface area contributed by atoms with E-state index >= 15 is 0 Å². The van der Waals surface area contributed by atoms with Gasteiger partial charge in [-0.05, 0) is 259 Å². The van der Waals surface area contributed by atoms with E-state index < -0.39 is 0 Å². The zero-order valence-electron chi connectivity index (χ0n) is 75.4. The molecule has 0 spiro atoms. The quantitative estimate of drug-likeness (QED) is 0.0859. The average Bonchev–Trinajstić information content (AvgIpc) is 1.07. The van der Waals surface area contributed by atoms with Gasteiger partial charge in [0.1, 0.15) is 0 Å². The summed E-state index contributed by atoms with van der Waals surface area (Å²) in [5.41, 5.74) is 22.9. The SMILES string of the molecule is CC(C)c1ccc(N2CCC(N)CC2)cc1.CC(C)c1ccc(N2CCC(N3CCN(C)CC3)CC2)cc1.CC(C)c1ccc(N2CCC(N3CCNCC3)CC2)cc1.CC(C)c1ccc(N2CCCC2)cc1.CC(C)c1ccc(N2CCN(C3CCN(C)CC3)CC2)cc1.CC(C)c1ccc(N2CCN(C3CCNCC3)CC2)cc1. The lowest BCUT2D eigenvalue weighted by molar-refractivity contribution is 0.0982. The Hall–Kier alpha value is -6.24. The lowest BCUT2D eigenvalue weighted by atomic mass is 10.00. The maximum absolute atomic E-state index is 5.91. The van der Waals surface area contributed by atoms with E-state index in [0.29, 0.717) is 41.5 Å². The summed E-state index contributed by atoms with van der Waals surface area (Å²) in [4.78, 5) is 30.9. The van der Waals surface area contributed by atoms with Crippen LogP contribution in [-0.2, 0) is 0 Å². The van der Waals surface area contributed by atoms with E-state index in [-0.39, 0.29) is 0 Å². The van der Waals surface area contributed by atoms with Crippen molar-refractivity contribution < 1.29 is 0 Å². The third-order valence-corrected chi connectivity index (χ3v) is 27.5. The van der Waals surface area contributed by atoms with Gasteiger partial charge in [-0.15, -0.1) is 0 Å². The largest absolute Gasteiger partial charge is 0.372 e. The fourth-order valence-corrected chi connectivity index (χ4v) is 19.0. The number of likely N-dealkylation sites (tertiary alicyclic amines) is 1. The first-order valence-electron chi connectivity index (χ1n) is 46.8. The summed E-state index contributed by atoms with van der Waals surface area (Å²) in [6, 6.07) is 58.5. The van der Waals surface area contributed by atoms with Crippen molar-refractivity contribution in [3.63, 3.8) is 0 Å². The monoisotopic (exact) mass is 1580 g/mol. The molecule has 0 bridgehead atoms. The number of likely N-dealkylation sites (N-methyl/N-ethyl adjacent to an activating group) is 1. The Labute approximate surface area is 707 Å². The van der Waals surface area contributed by atoms with Gasteiger partial charge in [0.2, 0.25) is 0 Å². The van der Waals surface area contributed by atoms with Crippen LogP contribution in [0.4, 0.5) is 34.1 Å². The van der Waals surface area contributed by atoms with E-state index in [1.807, 2.05) is 0 Å². The smallest absolute Gasteiger partial charge is 0.0367 e. The number of benzene rings is 6. The van der Waals surface area contributed by atoms with Crippen molar-refractivity contribution >= 4 is 34.1 Å². The fraction of sp³-hybridized carbons (Fsp3) is 0.644. The van der Waals surface area contributed by atoms with Gasteiger partial charge in [0.25, 0.3) is 0 Å². The second-order valence-corrected chi connectivity index (χ2v) is 37.6. The van der Waals surface area contributed by atoms with Gasteiger partial charge < -0.3 is 55.6 Å². The maximum atomic E-state index is 5.91. The van der Waals surface area contributed by atoms with Gasteiger partial charge in [-0.1, -0.05) is 156 Å². The molecule has 0 unspecified atom stereocenters. The topological polar surface area (TPSA) is 89.0 Å². The van der Waals surface area contributed by atoms with Crippen molar-refractivity contribution in [1.82, 2.24) is 40.0 Å². The summed E-state index contributed by atoms with van der Waals surface area (Å²) in [5, 5.41) is 6.92. The molecule has 15 nitrogen and oxygen atoms in total. The third-order valence-electron chi connectivity index (χ3n) is 27.5. The molecule has 0 saturated carbocycles. The normalized spacial score (nSPS) is 21.0. The molecule has 4 N–H and O–H groups in total. The predicted octanol–water partition coefficient (Wildman–Crippen LogP) is 17.6. The van der Waals surface area contributed by atoms with Crippen molar-refractivity contribution in [3.8, 4) is 0 Å². The highest BCUT2D eigenvalue weighted by Gasteiger charge is 2.31. The molecule has 0 atom stereocenters. The van der Waals surface area contributed by atoms with Crippen LogP contribution in [0, 0.1) is 0 Å². The van der Waals surface area contributed by atoms with Gasteiger partial charge in [0, 0.05) is 221 Å². The van der Waals surface area contributed by atoms with Crippen LogP contribution in [0.1, 0.15) is 229 Å². The molecule has 116 heavy (non-hydrogen) atoms. The van der Waals surface area contributed by atoms with Gasteiger partial charge in [-0.3, -0.25) is 19.6 Å². The van der Waals surface area contributed by atoms with E-state index in [1.54, 1.807) is 0 Å². The zero-order chi connectivity index (χ0) is 81.9. The number of nitrogens with zero attached hydrogens (tertiary/aromatic N) is 12. The highest BCUT2D eigenvalue weighted by Crippen LogP contribution is 2.32. The minimum atomic E-state index is 0.409. The minimum absolute atomic E-state index is 0.409. The molecule has 16 rings (SSSR count). The molecule has 15 heteroatoms. The summed E-state index contributed by atoms with van der Waals surface area (Å²) in [6.07, 6.45) is 15.5. The Kier molecular flexibility index (Phi) is 36.3. The Morgan fingerprint density at radius 1 is 0.224 bits per heavy atom. The van der Waals surface area contributed by atoms with Crippen molar-refractivity contribution in [2.45, 2.75) is 226 Å². The molecule has 6 aromatic carbocycles. The highest BCUT2D eigenvalue weighted by atomic mass is 15.3. The second-order valence-electron chi connectivity index (χ2n) is 37.6. The van der Waals surface area contributed by atoms with Gasteiger partial charge >= 0.3 is 0 Å². The Bertz CT molecular complexity index is 3430. The van der Waals surface area contributed by atoms with Gasteiger partial charge in [-0.25, -0.2) is 0 Å². The molecule has 0 radical (unpaired) electrons. The average molecular weight is 1590 g/mol. The Morgan fingerprint density at radius 3 is 0.707 bits per heavy atom. The highest BCUT2D eigenvalue weighted by molar-refractivity contribution is 5.53. The number of hydrogen-bond acceptors (Lipinski definition) is 15. The number of hydrogen-bond donors (Lipinski definition) is 3. The van der Waals surface area contributed by atoms with E-state index in [1.165, 1.54) is 289 Å². The summed E-state index contributed by atoms with van der Waals surface area (Å²) in [5.74, 6) is 3.74. The molecule has 0 amide bonds. The molecule has 10 saturated heterocycles. The predicted molar refractivity (Wildman–Crippen MR) is 502 cm³/mol. The summed E-state index contributed by atoms with van der Waals surface area (Å²) >= 11 is 0. The van der Waals surface area contributed by atoms with Crippen LogP contribution in [0.15, 0.2) is 146 Å². The first kappa shape index (κ1) is 90.5. The minimum Gasteiger partial charge on any atom is -0.372 e. The Balaban J connectivity index is 0.000000138. The van der Waals surface area contributed by atoms with Crippen molar-refractivity contribution in [3.05, 3.63) is 179 Å². The van der Waals surface area contributed by atoms with Crippen molar-refractivity contribution in [1.29, 1.82) is 0 Å². The number of rotatable bonds is 16. The molecule has 10 heterocycles. The van der Waals surface area contributed by atoms with Crippen molar-refractivity contribution in [2.75, 3.05) is 227 Å². The van der Waals surface area contributed by atoms with Gasteiger partial charge in [-0.2, -0.15) is 0 Å². The molecular formula is C101H161N15. The molecular weight excluding hydrogens is 1420 g/mol. The van der Waals surface area contributed by atoms with Crippen LogP contribution in [0.3, 0.4) is 0 Å². The lowest BCUT2D eigenvalue weighted by Gasteiger charge is -2.42. The second kappa shape index (κ2) is 46.5. The number of piperazine rings is 4.